The van der Waals surface area contributed by atoms with Crippen LogP contribution in [0.4, 0.5) is 4.79 Å². The smallest absolute Gasteiger partial charge is 0.407 e. The van der Waals surface area contributed by atoms with Gasteiger partial charge in [0, 0.05) is 28.6 Å². The summed E-state index contributed by atoms with van der Waals surface area (Å²) in [6, 6.07) is 9.57. The van der Waals surface area contributed by atoms with Gasteiger partial charge in [-0.2, -0.15) is 0 Å². The van der Waals surface area contributed by atoms with Gasteiger partial charge in [-0.25, -0.2) is 4.79 Å². The minimum absolute atomic E-state index is 0.142. The second-order valence-corrected chi connectivity index (χ2v) is 8.20. The van der Waals surface area contributed by atoms with Crippen LogP contribution in [0, 0.1) is 5.92 Å². The van der Waals surface area contributed by atoms with Crippen LogP contribution < -0.4 is 15.4 Å². The van der Waals surface area contributed by atoms with Crippen molar-refractivity contribution >= 4 is 23.3 Å². The van der Waals surface area contributed by atoms with Gasteiger partial charge in [-0.05, 0) is 37.5 Å². The predicted molar refractivity (Wildman–Crippen MR) is 110 cm³/mol. The molecule has 0 saturated heterocycles. The number of nitrogens with one attached hydrogen (secondary N) is 2. The Labute approximate surface area is 169 Å². The average molecular weight is 403 g/mol. The van der Waals surface area contributed by atoms with Crippen molar-refractivity contribution in [2.45, 2.75) is 39.8 Å². The third kappa shape index (κ3) is 4.84. The van der Waals surface area contributed by atoms with Gasteiger partial charge < -0.3 is 20.1 Å². The van der Waals surface area contributed by atoms with E-state index in [-0.39, 0.29) is 11.9 Å². The lowest BCUT2D eigenvalue weighted by Gasteiger charge is -2.20. The molecule has 2 aromatic rings. The maximum atomic E-state index is 12.7. The van der Waals surface area contributed by atoms with Crippen LogP contribution in [-0.4, -0.2) is 31.2 Å². The van der Waals surface area contributed by atoms with Crippen LogP contribution >= 0.6 is 11.3 Å². The molecule has 0 aliphatic carbocycles. The molecule has 0 spiro atoms. The second-order valence-electron chi connectivity index (χ2n) is 7.15. The van der Waals surface area contributed by atoms with Crippen molar-refractivity contribution in [1.82, 2.24) is 10.6 Å². The summed E-state index contributed by atoms with van der Waals surface area (Å²) in [4.78, 5) is 26.2. The molecule has 1 aliphatic heterocycles. The van der Waals surface area contributed by atoms with Gasteiger partial charge in [0.2, 0.25) is 0 Å². The Kier molecular flexibility index (Phi) is 6.57. The number of hydrogen-bond donors (Lipinski definition) is 2. The van der Waals surface area contributed by atoms with E-state index in [9.17, 15) is 9.59 Å². The highest BCUT2D eigenvalue weighted by molar-refractivity contribution is 7.17. The fourth-order valence-corrected chi connectivity index (χ4v) is 4.33. The number of alkyl carbamates (subject to hydrolysis) is 1. The third-order valence-corrected chi connectivity index (χ3v) is 5.62. The Balaban J connectivity index is 1.66. The number of rotatable bonds is 7. The summed E-state index contributed by atoms with van der Waals surface area (Å²) in [7, 11) is 0. The maximum Gasteiger partial charge on any atom is 0.407 e. The van der Waals surface area contributed by atoms with Crippen molar-refractivity contribution < 1.29 is 19.1 Å². The van der Waals surface area contributed by atoms with E-state index in [1.165, 1.54) is 11.3 Å². The van der Waals surface area contributed by atoms with E-state index in [0.717, 1.165) is 28.2 Å². The van der Waals surface area contributed by atoms with E-state index in [2.05, 4.69) is 24.5 Å². The molecular weight excluding hydrogens is 376 g/mol. The zero-order chi connectivity index (χ0) is 20.1. The molecule has 2 heterocycles. The van der Waals surface area contributed by atoms with Crippen molar-refractivity contribution in [3.63, 3.8) is 0 Å². The molecule has 1 atom stereocenters. The molecule has 28 heavy (non-hydrogen) atoms. The molecule has 7 heteroatoms. The van der Waals surface area contributed by atoms with Gasteiger partial charge >= 0.3 is 6.09 Å². The highest BCUT2D eigenvalue weighted by Gasteiger charge is 2.23. The summed E-state index contributed by atoms with van der Waals surface area (Å²) in [5.41, 5.74) is 2.05. The first kappa shape index (κ1) is 20.2. The molecule has 1 unspecified atom stereocenters. The Morgan fingerprint density at radius 1 is 1.29 bits per heavy atom. The Morgan fingerprint density at radius 2 is 2.07 bits per heavy atom. The number of benzene rings is 1. The van der Waals surface area contributed by atoms with E-state index in [0.29, 0.717) is 30.6 Å². The van der Waals surface area contributed by atoms with Crippen LogP contribution in [0.2, 0.25) is 0 Å². The number of fused-ring (bicyclic) bond motifs is 3. The molecule has 150 valence electrons. The van der Waals surface area contributed by atoms with Crippen molar-refractivity contribution in [3.05, 3.63) is 40.8 Å². The van der Waals surface area contributed by atoms with Crippen LogP contribution in [0.15, 0.2) is 30.3 Å². The van der Waals surface area contributed by atoms with E-state index < -0.39 is 6.09 Å². The molecule has 0 bridgehead atoms. The first-order chi connectivity index (χ1) is 13.5. The molecule has 2 N–H and O–H groups in total. The summed E-state index contributed by atoms with van der Waals surface area (Å²) >= 11 is 1.47. The van der Waals surface area contributed by atoms with Gasteiger partial charge in [-0.1, -0.05) is 26.0 Å². The summed E-state index contributed by atoms with van der Waals surface area (Å²) in [6.45, 7) is 7.05. The highest BCUT2D eigenvalue weighted by atomic mass is 32.1. The van der Waals surface area contributed by atoms with Gasteiger partial charge in [-0.3, -0.25) is 4.79 Å². The van der Waals surface area contributed by atoms with Gasteiger partial charge in [0.25, 0.3) is 5.91 Å². The number of amides is 2. The van der Waals surface area contributed by atoms with Crippen molar-refractivity contribution in [1.29, 1.82) is 0 Å². The molecule has 0 radical (unpaired) electrons. The Bertz CT molecular complexity index is 847. The zero-order valence-corrected chi connectivity index (χ0v) is 17.2. The highest BCUT2D eigenvalue weighted by Crippen LogP contribution is 2.42. The standard InChI is InChI=1S/C21H26N2O4S/c1-4-26-21(25)23-15(9-13(2)3)11-22-20(24)18-10-14-12-27-17-8-6-5-7-16(17)19(14)28-18/h5-8,10,13,15H,4,9,11-12H2,1-3H3,(H,22,24)(H,23,25). The fraction of sp³-hybridized carbons (Fsp3) is 0.429. The predicted octanol–water partition coefficient (Wildman–Crippen LogP) is 4.20. The minimum atomic E-state index is -0.456. The summed E-state index contributed by atoms with van der Waals surface area (Å²) in [5.74, 6) is 1.09. The number of para-hydroxylation sites is 1. The van der Waals surface area contributed by atoms with Crippen LogP contribution in [0.1, 0.15) is 42.4 Å². The van der Waals surface area contributed by atoms with Crippen molar-refractivity contribution in [2.24, 2.45) is 5.92 Å². The molecule has 6 nitrogen and oxygen atoms in total. The summed E-state index contributed by atoms with van der Waals surface area (Å²) in [6.07, 6.45) is 0.295. The van der Waals surface area contributed by atoms with Gasteiger partial charge in [0.1, 0.15) is 12.4 Å². The normalized spacial score (nSPS) is 13.1. The van der Waals surface area contributed by atoms with Crippen LogP contribution in [0.25, 0.3) is 10.4 Å². The zero-order valence-electron chi connectivity index (χ0n) is 16.4. The molecule has 3 rings (SSSR count). The molecule has 0 fully saturated rings. The SMILES string of the molecule is CCOC(=O)NC(CNC(=O)c1cc2c(s1)-c1ccccc1OC2)CC(C)C. The van der Waals surface area contributed by atoms with Gasteiger partial charge in [0.15, 0.2) is 0 Å². The molecule has 1 aliphatic rings. The molecule has 0 saturated carbocycles. The minimum Gasteiger partial charge on any atom is -0.488 e. The summed E-state index contributed by atoms with van der Waals surface area (Å²) < 4.78 is 10.7. The average Bonchev–Trinajstić information content (AvgIpc) is 3.10. The van der Waals surface area contributed by atoms with Crippen LogP contribution in [0.5, 0.6) is 5.75 Å². The van der Waals surface area contributed by atoms with Gasteiger partial charge in [0.05, 0.1) is 11.5 Å². The summed E-state index contributed by atoms with van der Waals surface area (Å²) in [5, 5.41) is 5.77. The van der Waals surface area contributed by atoms with Crippen molar-refractivity contribution in [2.75, 3.05) is 13.2 Å². The van der Waals surface area contributed by atoms with E-state index in [1.54, 1.807) is 6.92 Å². The maximum absolute atomic E-state index is 12.7. The molecule has 2 amide bonds. The van der Waals surface area contributed by atoms with E-state index in [1.807, 2.05) is 30.3 Å². The number of ether oxygens (including phenoxy) is 2. The fourth-order valence-electron chi connectivity index (χ4n) is 3.22. The van der Waals surface area contributed by atoms with E-state index in [4.69, 9.17) is 9.47 Å². The monoisotopic (exact) mass is 402 g/mol. The quantitative estimate of drug-likeness (QED) is 0.728. The first-order valence-electron chi connectivity index (χ1n) is 9.54. The number of carbonyl (C=O) groups is 2. The molecular formula is C21H26N2O4S. The van der Waals surface area contributed by atoms with Crippen LogP contribution in [0.3, 0.4) is 0 Å². The number of hydrogen-bond acceptors (Lipinski definition) is 5. The largest absolute Gasteiger partial charge is 0.488 e. The second kappa shape index (κ2) is 9.10. The van der Waals surface area contributed by atoms with Crippen molar-refractivity contribution in [3.8, 4) is 16.2 Å². The topological polar surface area (TPSA) is 76.7 Å². The lowest BCUT2D eigenvalue weighted by Crippen LogP contribution is -2.44. The lowest BCUT2D eigenvalue weighted by molar-refractivity contribution is 0.0948. The lowest BCUT2D eigenvalue weighted by atomic mass is 10.0. The first-order valence-corrected chi connectivity index (χ1v) is 10.4. The van der Waals surface area contributed by atoms with Crippen LogP contribution in [-0.2, 0) is 11.3 Å². The number of carbonyl (C=O) groups excluding carboxylic acids is 2. The number of thiophene rings is 1. The van der Waals surface area contributed by atoms with E-state index >= 15 is 0 Å². The molecule has 1 aromatic heterocycles. The Morgan fingerprint density at radius 3 is 2.82 bits per heavy atom. The Hall–Kier alpha value is -2.54. The third-order valence-electron chi connectivity index (χ3n) is 4.41. The molecule has 1 aromatic carbocycles. The van der Waals surface area contributed by atoms with Gasteiger partial charge in [-0.15, -0.1) is 11.3 Å².